The third-order valence-electron chi connectivity index (χ3n) is 6.23. The molecule has 2 fully saturated rings. The van der Waals surface area contributed by atoms with Crippen LogP contribution in [0.15, 0.2) is 72.6 Å². The molecule has 1 saturated heterocycles. The number of nitrogens with zero attached hydrogens (tertiary/aromatic N) is 3. The first-order valence-corrected chi connectivity index (χ1v) is 11.5. The van der Waals surface area contributed by atoms with Crippen molar-refractivity contribution in [1.82, 2.24) is 20.2 Å². The largest absolute Gasteiger partial charge is 0.437 e. The molecule has 1 aromatic heterocycles. The molecule has 0 radical (unpaired) electrons. The smallest absolute Gasteiger partial charge is 0.317 e. The fraction of sp³-hybridized carbons (Fsp3) is 0.296. The van der Waals surface area contributed by atoms with Crippen LogP contribution in [-0.2, 0) is 0 Å². The van der Waals surface area contributed by atoms with E-state index >= 15 is 0 Å². The Hall–Kier alpha value is -3.67. The van der Waals surface area contributed by atoms with Crippen LogP contribution >= 0.6 is 0 Å². The second-order valence-electron chi connectivity index (χ2n) is 8.77. The van der Waals surface area contributed by atoms with Crippen molar-refractivity contribution in [2.24, 2.45) is 0 Å². The highest BCUT2D eigenvalue weighted by molar-refractivity contribution is 5.75. The molecule has 0 spiro atoms. The average molecular weight is 443 g/mol. The van der Waals surface area contributed by atoms with E-state index in [0.717, 1.165) is 49.4 Å². The molecule has 6 heteroatoms. The lowest BCUT2D eigenvalue weighted by Gasteiger charge is -2.28. The predicted octanol–water partition coefficient (Wildman–Crippen LogP) is 5.57. The van der Waals surface area contributed by atoms with Crippen molar-refractivity contribution >= 4 is 12.1 Å². The summed E-state index contributed by atoms with van der Waals surface area (Å²) in [5.41, 5.74) is 4.60. The summed E-state index contributed by atoms with van der Waals surface area (Å²) in [5.74, 6) is 1.67. The van der Waals surface area contributed by atoms with Gasteiger partial charge >= 0.3 is 6.03 Å². The highest BCUT2D eigenvalue weighted by Gasteiger charge is 2.40. The molecule has 5 rings (SSSR count). The number of urea groups is 1. The number of carbonyl (C=O) groups excluding carboxylic acids is 1. The molecule has 2 unspecified atom stereocenters. The lowest BCUT2D eigenvalue weighted by Crippen LogP contribution is -2.44. The highest BCUT2D eigenvalue weighted by atomic mass is 16.5. The van der Waals surface area contributed by atoms with Gasteiger partial charge in [0.15, 0.2) is 0 Å². The second kappa shape index (κ2) is 9.45. The van der Waals surface area contributed by atoms with Gasteiger partial charge in [-0.15, -0.1) is 0 Å². The van der Waals surface area contributed by atoms with Crippen molar-refractivity contribution in [1.29, 1.82) is 0 Å². The molecule has 3 aromatic rings. The Balaban J connectivity index is 0.00000274. The Morgan fingerprint density at radius 3 is 2.67 bits per heavy atom. The van der Waals surface area contributed by atoms with Crippen LogP contribution in [0.3, 0.4) is 0 Å². The van der Waals surface area contributed by atoms with E-state index in [9.17, 15) is 4.79 Å². The van der Waals surface area contributed by atoms with Gasteiger partial charge in [0.05, 0.1) is 18.1 Å². The van der Waals surface area contributed by atoms with E-state index in [1.54, 1.807) is 12.4 Å². The molecule has 2 aromatic carbocycles. The Kier molecular flexibility index (Phi) is 6.07. The molecule has 33 heavy (non-hydrogen) atoms. The zero-order chi connectivity index (χ0) is 22.6. The van der Waals surface area contributed by atoms with Gasteiger partial charge in [0.2, 0.25) is 5.88 Å². The SMILES string of the molecule is Cc1cnc(Oc2cccc(C=C3CCN(C(=O)NC4CC4c4ccccc4)CC3)c2)cn1.[HH]. The average Bonchev–Trinajstić information content (AvgIpc) is 3.61. The Bertz CT molecular complexity index is 1140. The first-order chi connectivity index (χ1) is 16.1. The number of nitrogens with one attached hydrogen (secondary N) is 1. The van der Waals surface area contributed by atoms with Gasteiger partial charge in [0, 0.05) is 26.5 Å². The molecule has 170 valence electrons. The molecular weight excluding hydrogens is 412 g/mol. The molecule has 0 bridgehead atoms. The number of aryl methyl sites for hydroxylation is 1. The summed E-state index contributed by atoms with van der Waals surface area (Å²) in [6.45, 7) is 3.39. The van der Waals surface area contributed by atoms with Gasteiger partial charge in [-0.3, -0.25) is 4.98 Å². The van der Waals surface area contributed by atoms with Crippen LogP contribution in [0.4, 0.5) is 4.79 Å². The fourth-order valence-corrected chi connectivity index (χ4v) is 4.27. The van der Waals surface area contributed by atoms with Gasteiger partial charge in [-0.2, -0.15) is 0 Å². The minimum Gasteiger partial charge on any atom is -0.437 e. The van der Waals surface area contributed by atoms with Crippen LogP contribution in [0, 0.1) is 6.92 Å². The molecule has 1 aliphatic heterocycles. The molecule has 2 aliphatic rings. The number of amides is 2. The molecule has 2 atom stereocenters. The summed E-state index contributed by atoms with van der Waals surface area (Å²) in [6.07, 6.45) is 8.32. The predicted molar refractivity (Wildman–Crippen MR) is 130 cm³/mol. The van der Waals surface area contributed by atoms with Gasteiger partial charge in [0.25, 0.3) is 0 Å². The summed E-state index contributed by atoms with van der Waals surface area (Å²) >= 11 is 0. The summed E-state index contributed by atoms with van der Waals surface area (Å²) < 4.78 is 5.83. The van der Waals surface area contributed by atoms with Gasteiger partial charge < -0.3 is 15.0 Å². The number of carbonyl (C=O) groups is 1. The van der Waals surface area contributed by atoms with Crippen LogP contribution in [0.1, 0.15) is 43.4 Å². The Morgan fingerprint density at radius 2 is 1.91 bits per heavy atom. The van der Waals surface area contributed by atoms with E-state index in [1.807, 2.05) is 36.1 Å². The first-order valence-electron chi connectivity index (χ1n) is 11.5. The van der Waals surface area contributed by atoms with Crippen LogP contribution in [0.5, 0.6) is 11.6 Å². The highest BCUT2D eigenvalue weighted by Crippen LogP contribution is 2.40. The third kappa shape index (κ3) is 5.40. The van der Waals surface area contributed by atoms with Gasteiger partial charge in [-0.1, -0.05) is 54.1 Å². The Morgan fingerprint density at radius 1 is 1.09 bits per heavy atom. The maximum Gasteiger partial charge on any atom is 0.317 e. The van der Waals surface area contributed by atoms with E-state index < -0.39 is 0 Å². The van der Waals surface area contributed by atoms with Crippen molar-refractivity contribution in [3.63, 3.8) is 0 Å². The van der Waals surface area contributed by atoms with Crippen LogP contribution in [0.2, 0.25) is 0 Å². The van der Waals surface area contributed by atoms with Gasteiger partial charge in [-0.05, 0) is 49.4 Å². The second-order valence-corrected chi connectivity index (χ2v) is 8.77. The number of benzene rings is 2. The van der Waals surface area contributed by atoms with E-state index in [4.69, 9.17) is 4.74 Å². The fourth-order valence-electron chi connectivity index (χ4n) is 4.27. The third-order valence-corrected chi connectivity index (χ3v) is 6.23. The summed E-state index contributed by atoms with van der Waals surface area (Å²) in [5, 5.41) is 3.21. The lowest BCUT2D eigenvalue weighted by atomic mass is 10.0. The minimum atomic E-state index is 0. The number of likely N-dealkylation sites (tertiary alicyclic amines) is 1. The molecule has 1 N–H and O–H groups in total. The minimum absolute atomic E-state index is 0. The number of hydrogen-bond donors (Lipinski definition) is 1. The quantitative estimate of drug-likeness (QED) is 0.561. The zero-order valence-corrected chi connectivity index (χ0v) is 18.8. The van der Waals surface area contributed by atoms with Crippen molar-refractivity contribution < 1.29 is 11.0 Å². The summed E-state index contributed by atoms with van der Waals surface area (Å²) in [4.78, 5) is 23.1. The zero-order valence-electron chi connectivity index (χ0n) is 18.8. The molecule has 1 saturated carbocycles. The number of ether oxygens (including phenoxy) is 1. The maximum atomic E-state index is 12.7. The molecule has 2 heterocycles. The van der Waals surface area contributed by atoms with Crippen LogP contribution < -0.4 is 10.1 Å². The van der Waals surface area contributed by atoms with E-state index in [2.05, 4.69) is 51.7 Å². The topological polar surface area (TPSA) is 67.3 Å². The van der Waals surface area contributed by atoms with Gasteiger partial charge in [0.1, 0.15) is 5.75 Å². The number of piperidine rings is 1. The number of rotatable bonds is 5. The van der Waals surface area contributed by atoms with E-state index in [0.29, 0.717) is 11.8 Å². The van der Waals surface area contributed by atoms with E-state index in [-0.39, 0.29) is 13.5 Å². The normalized spacial score (nSPS) is 19.7. The first kappa shape index (κ1) is 21.2. The number of aromatic nitrogens is 2. The molecule has 2 amide bonds. The van der Waals surface area contributed by atoms with Crippen molar-refractivity contribution in [3.05, 3.63) is 89.4 Å². The van der Waals surface area contributed by atoms with Crippen molar-refractivity contribution in [3.8, 4) is 11.6 Å². The van der Waals surface area contributed by atoms with Crippen LogP contribution in [-0.4, -0.2) is 40.0 Å². The standard InChI is InChI=1S/C27H28N4O2.H2/c1-19-17-29-26(18-28-19)33-23-9-5-6-21(15-23)14-20-10-12-31(13-11-20)27(32)30-25-16-24(25)22-7-3-2-4-8-22;/h2-9,14-15,17-18,24-25H,10-13,16H2,1H3,(H,30,32);1H. The van der Waals surface area contributed by atoms with Crippen molar-refractivity contribution in [2.75, 3.05) is 13.1 Å². The maximum absolute atomic E-state index is 12.7. The van der Waals surface area contributed by atoms with E-state index in [1.165, 1.54) is 11.1 Å². The molecule has 6 nitrogen and oxygen atoms in total. The lowest BCUT2D eigenvalue weighted by molar-refractivity contribution is 0.193. The summed E-state index contributed by atoms with van der Waals surface area (Å²) in [7, 11) is 0. The molecule has 1 aliphatic carbocycles. The van der Waals surface area contributed by atoms with Gasteiger partial charge in [-0.25, -0.2) is 9.78 Å². The van der Waals surface area contributed by atoms with Crippen molar-refractivity contribution in [2.45, 2.75) is 38.1 Å². The Labute approximate surface area is 195 Å². The number of hydrogen-bond acceptors (Lipinski definition) is 4. The summed E-state index contributed by atoms with van der Waals surface area (Å²) in [6, 6.07) is 18.7. The molecular formula is C27H30N4O2. The van der Waals surface area contributed by atoms with Crippen LogP contribution in [0.25, 0.3) is 6.08 Å². The monoisotopic (exact) mass is 442 g/mol.